The van der Waals surface area contributed by atoms with Crippen LogP contribution in [0.2, 0.25) is 0 Å². The minimum atomic E-state index is -4.93. The minimum Gasteiger partial charge on any atom is -0.507 e. The zero-order chi connectivity index (χ0) is 26.4. The highest BCUT2D eigenvalue weighted by Gasteiger charge is 2.45. The fraction of sp³-hybridized carbons (Fsp3) is 0.286. The molecule has 1 aromatic heterocycles. The zero-order valence-electron chi connectivity index (χ0n) is 18.0. The van der Waals surface area contributed by atoms with Gasteiger partial charge in [0, 0.05) is 23.8 Å². The van der Waals surface area contributed by atoms with E-state index in [-0.39, 0.29) is 28.0 Å². The minimum absolute atomic E-state index is 0.130. The lowest BCUT2D eigenvalue weighted by Gasteiger charge is -2.39. The highest BCUT2D eigenvalue weighted by Crippen LogP contribution is 2.36. The van der Waals surface area contributed by atoms with Gasteiger partial charge in [0.05, 0.1) is 6.61 Å². The third-order valence-corrected chi connectivity index (χ3v) is 5.72. The van der Waals surface area contributed by atoms with Gasteiger partial charge in [-0.05, 0) is 18.2 Å². The third kappa shape index (κ3) is 5.07. The number of hydrogen-bond donors (Lipinski definition) is 7. The number of aromatic hydroxyl groups is 2. The monoisotopic (exact) mass is 528 g/mol. The summed E-state index contributed by atoms with van der Waals surface area (Å²) in [5, 5.41) is 59.3. The van der Waals surface area contributed by atoms with Gasteiger partial charge in [0.1, 0.15) is 46.9 Å². The Morgan fingerprint density at radius 3 is 2.33 bits per heavy atom. The number of hydrogen-bond acceptors (Lipinski definition) is 13. The Morgan fingerprint density at radius 1 is 0.944 bits per heavy atom. The van der Waals surface area contributed by atoms with Crippen molar-refractivity contribution < 1.29 is 61.7 Å². The summed E-state index contributed by atoms with van der Waals surface area (Å²) in [5.74, 6) is -2.09. The Bertz CT molecular complexity index is 1450. The average molecular weight is 528 g/mol. The highest BCUT2D eigenvalue weighted by atomic mass is 32.3. The molecule has 1 aliphatic rings. The van der Waals surface area contributed by atoms with Gasteiger partial charge in [-0.25, -0.2) is 0 Å². The predicted molar refractivity (Wildman–Crippen MR) is 118 cm³/mol. The van der Waals surface area contributed by atoms with Crippen LogP contribution in [0.1, 0.15) is 0 Å². The molecule has 0 radical (unpaired) electrons. The Labute approximate surface area is 201 Å². The molecule has 2 heterocycles. The molecule has 14 nitrogen and oxygen atoms in total. The number of phenolic OH excluding ortho intramolecular Hbond substituents is 2. The van der Waals surface area contributed by atoms with Crippen LogP contribution in [-0.2, 0) is 15.1 Å². The van der Waals surface area contributed by atoms with E-state index in [1.54, 1.807) is 0 Å². The SMILES string of the molecule is O=c1cc(-c2ccc(O)c(O[C@H]3O[C@@H](CO)[C@H](O)[C@H](O)[C@@H]3O)c2)oc2cc(OS(=O)(=O)O)cc(O)c12. The highest BCUT2D eigenvalue weighted by molar-refractivity contribution is 7.81. The molecular weight excluding hydrogens is 508 g/mol. The summed E-state index contributed by atoms with van der Waals surface area (Å²) >= 11 is 0. The normalized spacial score (nSPS) is 24.5. The lowest BCUT2D eigenvalue weighted by molar-refractivity contribution is -0.277. The van der Waals surface area contributed by atoms with Crippen LogP contribution in [0.5, 0.6) is 23.0 Å². The Hall–Kier alpha value is -3.44. The molecule has 15 heteroatoms. The molecule has 0 bridgehead atoms. The number of benzene rings is 2. The first kappa shape index (κ1) is 25.6. The summed E-state index contributed by atoms with van der Waals surface area (Å²) in [7, 11) is -4.93. The Balaban J connectivity index is 1.71. The van der Waals surface area contributed by atoms with E-state index in [2.05, 4.69) is 4.18 Å². The molecule has 1 aliphatic heterocycles. The molecule has 0 saturated carbocycles. The van der Waals surface area contributed by atoms with Crippen molar-refractivity contribution in [1.82, 2.24) is 0 Å². The lowest BCUT2D eigenvalue weighted by atomic mass is 9.99. The largest absolute Gasteiger partial charge is 0.507 e. The molecule has 2 aromatic carbocycles. The quantitative estimate of drug-likeness (QED) is 0.195. The first-order valence-electron chi connectivity index (χ1n) is 10.2. The Kier molecular flexibility index (Phi) is 6.80. The molecule has 0 amide bonds. The van der Waals surface area contributed by atoms with E-state index in [1.165, 1.54) is 12.1 Å². The predicted octanol–water partition coefficient (Wildman–Crippen LogP) is -0.769. The van der Waals surface area contributed by atoms with Crippen LogP contribution in [0.15, 0.2) is 45.6 Å². The van der Waals surface area contributed by atoms with Crippen molar-refractivity contribution in [1.29, 1.82) is 0 Å². The molecule has 0 unspecified atom stereocenters. The van der Waals surface area contributed by atoms with E-state index in [1.807, 2.05) is 0 Å². The molecule has 1 saturated heterocycles. The van der Waals surface area contributed by atoms with Gasteiger partial charge < -0.3 is 48.7 Å². The van der Waals surface area contributed by atoms with Crippen molar-refractivity contribution in [2.24, 2.45) is 0 Å². The van der Waals surface area contributed by atoms with Gasteiger partial charge in [0.15, 0.2) is 22.7 Å². The van der Waals surface area contributed by atoms with Crippen molar-refractivity contribution in [3.63, 3.8) is 0 Å². The fourth-order valence-corrected chi connectivity index (χ4v) is 3.95. The topological polar surface area (TPSA) is 234 Å². The molecule has 4 rings (SSSR count). The molecule has 5 atom stereocenters. The maximum atomic E-state index is 12.6. The molecule has 1 fully saturated rings. The van der Waals surface area contributed by atoms with Gasteiger partial charge in [-0.15, -0.1) is 0 Å². The molecule has 194 valence electrons. The maximum Gasteiger partial charge on any atom is 0.446 e. The van der Waals surface area contributed by atoms with Gasteiger partial charge >= 0.3 is 10.4 Å². The van der Waals surface area contributed by atoms with E-state index < -0.39 is 70.4 Å². The van der Waals surface area contributed by atoms with E-state index in [9.17, 15) is 43.9 Å². The van der Waals surface area contributed by atoms with Gasteiger partial charge in [0.2, 0.25) is 6.29 Å². The van der Waals surface area contributed by atoms with Crippen LogP contribution >= 0.6 is 0 Å². The van der Waals surface area contributed by atoms with Gasteiger partial charge in [0.25, 0.3) is 0 Å². The molecule has 0 aliphatic carbocycles. The second kappa shape index (κ2) is 9.55. The van der Waals surface area contributed by atoms with Crippen molar-refractivity contribution in [2.75, 3.05) is 6.61 Å². The van der Waals surface area contributed by atoms with Crippen LogP contribution in [0.3, 0.4) is 0 Å². The first-order chi connectivity index (χ1) is 16.9. The van der Waals surface area contributed by atoms with Crippen LogP contribution in [0.4, 0.5) is 0 Å². The fourth-order valence-electron chi connectivity index (χ4n) is 3.61. The summed E-state index contributed by atoms with van der Waals surface area (Å²) < 4.78 is 51.4. The lowest BCUT2D eigenvalue weighted by Crippen LogP contribution is -2.60. The molecule has 7 N–H and O–H groups in total. The number of ether oxygens (including phenoxy) is 2. The number of fused-ring (bicyclic) bond motifs is 1. The van der Waals surface area contributed by atoms with Crippen LogP contribution in [0.25, 0.3) is 22.3 Å². The molecule has 3 aromatic rings. The van der Waals surface area contributed by atoms with E-state index in [0.29, 0.717) is 0 Å². The third-order valence-electron chi connectivity index (χ3n) is 5.32. The van der Waals surface area contributed by atoms with Gasteiger partial charge in [-0.2, -0.15) is 8.42 Å². The number of phenols is 2. The molecular formula is C21H20O14S. The van der Waals surface area contributed by atoms with E-state index >= 15 is 0 Å². The molecule has 36 heavy (non-hydrogen) atoms. The summed E-state index contributed by atoms with van der Waals surface area (Å²) in [6, 6.07) is 6.38. The van der Waals surface area contributed by atoms with Crippen molar-refractivity contribution in [2.45, 2.75) is 30.7 Å². The Morgan fingerprint density at radius 2 is 1.67 bits per heavy atom. The van der Waals surface area contributed by atoms with Crippen molar-refractivity contribution in [3.05, 3.63) is 46.6 Å². The van der Waals surface area contributed by atoms with E-state index in [0.717, 1.165) is 24.3 Å². The second-order valence-electron chi connectivity index (χ2n) is 7.80. The zero-order valence-corrected chi connectivity index (χ0v) is 18.8. The summed E-state index contributed by atoms with van der Waals surface area (Å²) in [4.78, 5) is 12.6. The van der Waals surface area contributed by atoms with Crippen LogP contribution in [0, 0.1) is 0 Å². The average Bonchev–Trinajstić information content (AvgIpc) is 2.79. The van der Waals surface area contributed by atoms with Crippen molar-refractivity contribution >= 4 is 21.4 Å². The van der Waals surface area contributed by atoms with Crippen molar-refractivity contribution in [3.8, 4) is 34.3 Å². The molecule has 0 spiro atoms. The van der Waals surface area contributed by atoms with Gasteiger partial charge in [-0.1, -0.05) is 0 Å². The van der Waals surface area contributed by atoms with Crippen LogP contribution < -0.4 is 14.3 Å². The maximum absolute atomic E-state index is 12.6. The summed E-state index contributed by atoms with van der Waals surface area (Å²) in [6.07, 6.45) is -7.97. The number of aliphatic hydroxyl groups excluding tert-OH is 4. The number of rotatable bonds is 6. The van der Waals surface area contributed by atoms with Crippen LogP contribution in [-0.4, -0.2) is 80.9 Å². The first-order valence-corrected chi connectivity index (χ1v) is 11.5. The summed E-state index contributed by atoms with van der Waals surface area (Å²) in [6.45, 7) is -0.699. The second-order valence-corrected chi connectivity index (χ2v) is 8.82. The summed E-state index contributed by atoms with van der Waals surface area (Å²) in [5.41, 5.74) is -0.903. The van der Waals surface area contributed by atoms with Gasteiger partial charge in [-0.3, -0.25) is 9.35 Å². The standard InChI is InChI=1S/C21H20O14S/c22-7-16-18(26)19(27)20(28)21(34-16)33-14-3-8(1-2-10(14)23)13-6-12(25)17-11(24)4-9(5-15(17)32-13)35-36(29,30)31/h1-6,16,18-24,26-28H,7H2,(H,29,30,31)/t16-,18-,19-,20-,21-/m0/s1. The smallest absolute Gasteiger partial charge is 0.446 e. The number of aliphatic hydroxyl groups is 4. The van der Waals surface area contributed by atoms with E-state index in [4.69, 9.17) is 18.4 Å².